The number of amides is 2. The number of esters is 1. The number of hydrogen-bond acceptors (Lipinski definition) is 6. The Morgan fingerprint density at radius 3 is 2.41 bits per heavy atom. The Morgan fingerprint density at radius 2 is 1.82 bits per heavy atom. The average Bonchev–Trinajstić information content (AvgIpc) is 2.46. The van der Waals surface area contributed by atoms with Gasteiger partial charge >= 0.3 is 18.7 Å². The summed E-state index contributed by atoms with van der Waals surface area (Å²) in [5.74, 6) is -2.36. The van der Waals surface area contributed by atoms with Crippen molar-refractivity contribution in [2.24, 2.45) is 0 Å². The van der Waals surface area contributed by atoms with E-state index in [4.69, 9.17) is 4.74 Å². The van der Waals surface area contributed by atoms with E-state index >= 15 is 0 Å². The summed E-state index contributed by atoms with van der Waals surface area (Å²) in [7, 11) is 1.05. The van der Waals surface area contributed by atoms with E-state index in [1.165, 1.54) is 25.1 Å². The molecule has 0 spiro atoms. The van der Waals surface area contributed by atoms with Crippen molar-refractivity contribution in [3.8, 4) is 5.75 Å². The molecule has 1 aromatic rings. The van der Waals surface area contributed by atoms with Crippen molar-refractivity contribution in [1.82, 2.24) is 5.32 Å². The minimum absolute atomic E-state index is 0.277. The van der Waals surface area contributed by atoms with E-state index in [9.17, 15) is 23.2 Å². The molecule has 1 atom stereocenters. The van der Waals surface area contributed by atoms with E-state index < -0.39 is 30.7 Å². The number of benzene rings is 1. The van der Waals surface area contributed by atoms with E-state index in [1.807, 2.05) is 0 Å². The lowest BCUT2D eigenvalue weighted by atomic mass is 10.2. The summed E-state index contributed by atoms with van der Waals surface area (Å²) in [6.07, 6.45) is -2.36. The smallest absolute Gasteiger partial charge is 0.413 e. The molecule has 0 aromatic heterocycles. The van der Waals surface area contributed by atoms with Crippen LogP contribution in [0.5, 0.6) is 5.75 Å². The number of imide groups is 1. The Balaban J connectivity index is 2.76. The molecule has 0 saturated carbocycles. The minimum atomic E-state index is -3.12. The Morgan fingerprint density at radius 1 is 1.18 bits per heavy atom. The fraction of sp³-hybridized carbons (Fsp3) is 0.308. The van der Waals surface area contributed by atoms with Gasteiger partial charge < -0.3 is 14.2 Å². The molecule has 1 rings (SSSR count). The van der Waals surface area contributed by atoms with Crippen molar-refractivity contribution in [2.45, 2.75) is 19.6 Å². The fourth-order valence-corrected chi connectivity index (χ4v) is 1.36. The van der Waals surface area contributed by atoms with E-state index in [0.717, 1.165) is 13.2 Å². The van der Waals surface area contributed by atoms with Crippen LogP contribution in [0.4, 0.5) is 13.6 Å². The summed E-state index contributed by atoms with van der Waals surface area (Å²) in [6, 6.07) is 5.16. The number of ether oxygens (including phenoxy) is 3. The molecule has 0 aliphatic carbocycles. The highest BCUT2D eigenvalue weighted by molar-refractivity contribution is 5.97. The third kappa shape index (κ3) is 5.00. The molecule has 0 aliphatic heterocycles. The first-order valence-electron chi connectivity index (χ1n) is 5.98. The number of rotatable bonds is 5. The molecule has 1 aromatic carbocycles. The zero-order valence-corrected chi connectivity index (χ0v) is 11.7. The van der Waals surface area contributed by atoms with Crippen molar-refractivity contribution < 1.29 is 37.4 Å². The monoisotopic (exact) mass is 317 g/mol. The zero-order valence-electron chi connectivity index (χ0n) is 11.7. The van der Waals surface area contributed by atoms with E-state index in [2.05, 4.69) is 9.47 Å². The predicted molar refractivity (Wildman–Crippen MR) is 68.5 cm³/mol. The molecular weight excluding hydrogens is 304 g/mol. The topological polar surface area (TPSA) is 90.9 Å². The van der Waals surface area contributed by atoms with Crippen LogP contribution in [0, 0.1) is 0 Å². The third-order valence-electron chi connectivity index (χ3n) is 2.39. The maximum Gasteiger partial charge on any atom is 0.413 e. The highest BCUT2D eigenvalue weighted by Gasteiger charge is 2.23. The van der Waals surface area contributed by atoms with Crippen LogP contribution in [0.2, 0.25) is 0 Å². The number of carbonyl (C=O) groups excluding carboxylic acids is 3. The van der Waals surface area contributed by atoms with Gasteiger partial charge in [0, 0.05) is 0 Å². The van der Waals surface area contributed by atoms with Crippen LogP contribution in [-0.4, -0.2) is 37.8 Å². The van der Waals surface area contributed by atoms with Gasteiger partial charge in [-0.3, -0.25) is 10.1 Å². The molecule has 0 aliphatic rings. The predicted octanol–water partition coefficient (Wildman–Crippen LogP) is 1.72. The van der Waals surface area contributed by atoms with Crippen molar-refractivity contribution in [3.05, 3.63) is 29.8 Å². The number of halogens is 2. The second-order valence-corrected chi connectivity index (χ2v) is 3.90. The Labute approximate surface area is 124 Å². The van der Waals surface area contributed by atoms with Crippen LogP contribution in [0.1, 0.15) is 17.3 Å². The number of methoxy groups -OCH3 is 1. The van der Waals surface area contributed by atoms with E-state index in [1.54, 1.807) is 5.32 Å². The maximum absolute atomic E-state index is 12.2. The fourth-order valence-electron chi connectivity index (χ4n) is 1.36. The van der Waals surface area contributed by atoms with E-state index in [-0.39, 0.29) is 11.3 Å². The second-order valence-electron chi connectivity index (χ2n) is 3.90. The van der Waals surface area contributed by atoms with Crippen LogP contribution >= 0.6 is 0 Å². The molecule has 2 amide bonds. The van der Waals surface area contributed by atoms with E-state index in [0.29, 0.717) is 0 Å². The number of nitrogens with one attached hydrogen (secondary N) is 1. The standard InChI is InChI=1S/C13H13F2NO6/c1-7(10(17)16-13(19)20-2)21-11(18)8-5-3-4-6-9(8)22-12(14)15/h3-7,12H,1-2H3,(H,16,17,19)/t7-/m0/s1. The van der Waals surface area contributed by atoms with Crippen molar-refractivity contribution in [2.75, 3.05) is 7.11 Å². The SMILES string of the molecule is COC(=O)NC(=O)[C@H](C)OC(=O)c1ccccc1OC(F)F. The molecular formula is C13H13F2NO6. The van der Waals surface area contributed by atoms with Crippen LogP contribution in [0.25, 0.3) is 0 Å². The first-order chi connectivity index (χ1) is 10.3. The molecule has 0 heterocycles. The molecule has 0 fully saturated rings. The van der Waals surface area contributed by atoms with Gasteiger partial charge in [0.05, 0.1) is 7.11 Å². The van der Waals surface area contributed by atoms with Gasteiger partial charge in [0.2, 0.25) is 0 Å². The summed E-state index contributed by atoms with van der Waals surface area (Å²) in [6.45, 7) is -1.92. The van der Waals surface area contributed by atoms with Crippen LogP contribution in [0.15, 0.2) is 24.3 Å². The van der Waals surface area contributed by atoms with Crippen molar-refractivity contribution in [3.63, 3.8) is 0 Å². The van der Waals surface area contributed by atoms with Gasteiger partial charge in [0.1, 0.15) is 11.3 Å². The average molecular weight is 317 g/mol. The van der Waals surface area contributed by atoms with Crippen LogP contribution < -0.4 is 10.1 Å². The molecule has 0 bridgehead atoms. The quantitative estimate of drug-likeness (QED) is 0.832. The van der Waals surface area contributed by atoms with Gasteiger partial charge in [-0.05, 0) is 19.1 Å². The number of alkyl carbamates (subject to hydrolysis) is 1. The normalized spacial score (nSPS) is 11.5. The van der Waals surface area contributed by atoms with Gasteiger partial charge in [-0.1, -0.05) is 12.1 Å². The first-order valence-corrected chi connectivity index (χ1v) is 5.98. The largest absolute Gasteiger partial charge is 0.453 e. The molecule has 0 saturated heterocycles. The van der Waals surface area contributed by atoms with Crippen molar-refractivity contribution >= 4 is 18.0 Å². The van der Waals surface area contributed by atoms with Crippen LogP contribution in [0.3, 0.4) is 0 Å². The summed E-state index contributed by atoms with van der Waals surface area (Å²) in [4.78, 5) is 34.2. The van der Waals surface area contributed by atoms with Gasteiger partial charge in [-0.25, -0.2) is 9.59 Å². The lowest BCUT2D eigenvalue weighted by molar-refractivity contribution is -0.128. The lowest BCUT2D eigenvalue weighted by Gasteiger charge is -2.14. The summed E-state index contributed by atoms with van der Waals surface area (Å²) >= 11 is 0. The van der Waals surface area contributed by atoms with Gasteiger partial charge in [0.25, 0.3) is 5.91 Å². The first kappa shape index (κ1) is 17.3. The molecule has 120 valence electrons. The molecule has 0 radical (unpaired) electrons. The molecule has 22 heavy (non-hydrogen) atoms. The lowest BCUT2D eigenvalue weighted by Crippen LogP contribution is -2.39. The number of carbonyl (C=O) groups is 3. The minimum Gasteiger partial charge on any atom is -0.453 e. The summed E-state index contributed by atoms with van der Waals surface area (Å²) in [5.41, 5.74) is -0.277. The van der Waals surface area contributed by atoms with Gasteiger partial charge in [0.15, 0.2) is 6.10 Å². The number of para-hydroxylation sites is 1. The summed E-state index contributed by atoms with van der Waals surface area (Å²) < 4.78 is 37.7. The number of hydrogen-bond donors (Lipinski definition) is 1. The van der Waals surface area contributed by atoms with Gasteiger partial charge in [-0.15, -0.1) is 0 Å². The summed E-state index contributed by atoms with van der Waals surface area (Å²) in [5, 5.41) is 1.80. The zero-order chi connectivity index (χ0) is 16.7. The molecule has 0 unspecified atom stereocenters. The third-order valence-corrected chi connectivity index (χ3v) is 2.39. The molecule has 9 heteroatoms. The second kappa shape index (κ2) is 7.91. The van der Waals surface area contributed by atoms with Crippen LogP contribution in [-0.2, 0) is 14.3 Å². The van der Waals surface area contributed by atoms with Gasteiger partial charge in [-0.2, -0.15) is 8.78 Å². The highest BCUT2D eigenvalue weighted by Crippen LogP contribution is 2.21. The molecule has 1 N–H and O–H groups in total. The number of alkyl halides is 2. The highest BCUT2D eigenvalue weighted by atomic mass is 19.3. The Hall–Kier alpha value is -2.71. The maximum atomic E-state index is 12.2. The van der Waals surface area contributed by atoms with Crippen molar-refractivity contribution in [1.29, 1.82) is 0 Å². The Kier molecular flexibility index (Phi) is 6.24. The molecule has 7 nitrogen and oxygen atoms in total. The Bertz CT molecular complexity index is 563.